The number of hydrogen-bond acceptors (Lipinski definition) is 9. The van der Waals surface area contributed by atoms with Crippen molar-refractivity contribution in [3.05, 3.63) is 41.4 Å². The Kier molecular flexibility index (Phi) is 5.18. The van der Waals surface area contributed by atoms with E-state index in [2.05, 4.69) is 24.8 Å². The van der Waals surface area contributed by atoms with Gasteiger partial charge in [0.1, 0.15) is 5.82 Å². The van der Waals surface area contributed by atoms with Gasteiger partial charge in [0.2, 0.25) is 11.9 Å². The van der Waals surface area contributed by atoms with Gasteiger partial charge in [0.05, 0.1) is 31.1 Å². The lowest BCUT2D eigenvalue weighted by Gasteiger charge is -2.34. The molecule has 0 saturated carbocycles. The Morgan fingerprint density at radius 3 is 1.88 bits per heavy atom. The maximum absolute atomic E-state index is 6.25. The van der Waals surface area contributed by atoms with Crippen LogP contribution in [0.3, 0.4) is 0 Å². The molecule has 10 heteroatoms. The minimum absolute atomic E-state index is 0.408. The summed E-state index contributed by atoms with van der Waals surface area (Å²) >= 11 is 6.05. The van der Waals surface area contributed by atoms with Crippen molar-refractivity contribution < 1.29 is 9.47 Å². The van der Waals surface area contributed by atoms with Crippen molar-refractivity contribution in [2.24, 2.45) is 0 Å². The summed E-state index contributed by atoms with van der Waals surface area (Å²) in [6, 6.07) is 11.1. The summed E-state index contributed by atoms with van der Waals surface area (Å²) in [7, 11) is 3.18. The van der Waals surface area contributed by atoms with E-state index < -0.39 is 0 Å². The van der Waals surface area contributed by atoms with E-state index in [1.54, 1.807) is 20.3 Å². The maximum atomic E-state index is 6.25. The van der Waals surface area contributed by atoms with Gasteiger partial charge in [0.15, 0.2) is 11.5 Å². The van der Waals surface area contributed by atoms with E-state index in [1.165, 1.54) is 0 Å². The number of aromatic nitrogens is 4. The molecule has 0 spiro atoms. The quantitative estimate of drug-likeness (QED) is 0.501. The molecule has 9 nitrogen and oxygen atoms in total. The lowest BCUT2D eigenvalue weighted by Crippen LogP contribution is -2.47. The van der Waals surface area contributed by atoms with Crippen LogP contribution in [-0.4, -0.2) is 60.3 Å². The number of ether oxygens (including phenoxy) is 2. The number of rotatable bonds is 4. The fraction of sp³-hybridized carbons (Fsp3) is 0.273. The van der Waals surface area contributed by atoms with Crippen molar-refractivity contribution in [1.82, 2.24) is 19.9 Å². The van der Waals surface area contributed by atoms with Crippen LogP contribution in [0.2, 0.25) is 5.02 Å². The molecular formula is C22H22ClN7O2. The van der Waals surface area contributed by atoms with Gasteiger partial charge in [-0.25, -0.2) is 15.0 Å². The van der Waals surface area contributed by atoms with E-state index in [0.29, 0.717) is 33.8 Å². The van der Waals surface area contributed by atoms with Gasteiger partial charge >= 0.3 is 0 Å². The number of hydrogen-bond donors (Lipinski definition) is 1. The van der Waals surface area contributed by atoms with Crippen LogP contribution in [0.4, 0.5) is 17.7 Å². The second-order valence-corrected chi connectivity index (χ2v) is 7.89. The molecule has 1 aromatic heterocycles. The van der Waals surface area contributed by atoms with Gasteiger partial charge in [-0.15, -0.1) is 0 Å². The Labute approximate surface area is 190 Å². The summed E-state index contributed by atoms with van der Waals surface area (Å²) in [5.74, 6) is 2.92. The Morgan fingerprint density at radius 1 is 0.781 bits per heavy atom. The fourth-order valence-electron chi connectivity index (χ4n) is 3.83. The second kappa shape index (κ2) is 8.16. The van der Waals surface area contributed by atoms with Gasteiger partial charge in [-0.2, -0.15) is 4.98 Å². The van der Waals surface area contributed by atoms with Crippen LogP contribution in [0.1, 0.15) is 0 Å². The van der Waals surface area contributed by atoms with Gasteiger partial charge in [0, 0.05) is 42.7 Å². The number of nitrogens with zero attached hydrogens (tertiary/aromatic N) is 6. The number of anilines is 3. The molecule has 0 amide bonds. The van der Waals surface area contributed by atoms with Crippen molar-refractivity contribution in [3.63, 3.8) is 0 Å². The van der Waals surface area contributed by atoms with Gasteiger partial charge in [0.25, 0.3) is 0 Å². The molecule has 2 aliphatic heterocycles. The molecule has 0 atom stereocenters. The predicted octanol–water partition coefficient (Wildman–Crippen LogP) is 3.10. The van der Waals surface area contributed by atoms with Crippen molar-refractivity contribution in [1.29, 1.82) is 0 Å². The van der Waals surface area contributed by atoms with Gasteiger partial charge < -0.3 is 25.0 Å². The lowest BCUT2D eigenvalue weighted by atomic mass is 10.2. The van der Waals surface area contributed by atoms with E-state index in [9.17, 15) is 0 Å². The molecule has 1 aliphatic carbocycles. The molecule has 3 aliphatic rings. The topological polar surface area (TPSA) is 103 Å². The van der Waals surface area contributed by atoms with Crippen molar-refractivity contribution in [3.8, 4) is 22.9 Å². The lowest BCUT2D eigenvalue weighted by molar-refractivity contribution is 0.356. The molecule has 0 bridgehead atoms. The van der Waals surface area contributed by atoms with Crippen LogP contribution >= 0.6 is 11.6 Å². The Bertz CT molecular complexity index is 1230. The molecule has 0 unspecified atom stereocenters. The molecule has 1 fully saturated rings. The minimum Gasteiger partial charge on any atom is -0.493 e. The predicted molar refractivity (Wildman–Crippen MR) is 125 cm³/mol. The molecule has 3 heterocycles. The molecular weight excluding hydrogens is 430 g/mol. The number of nitrogen functional groups attached to an aromatic ring is 1. The number of fused-ring (bicyclic) bond motifs is 2. The molecule has 1 aromatic carbocycles. The van der Waals surface area contributed by atoms with Gasteiger partial charge in [-0.1, -0.05) is 11.6 Å². The summed E-state index contributed by atoms with van der Waals surface area (Å²) in [6.07, 6.45) is 0. The van der Waals surface area contributed by atoms with E-state index in [4.69, 9.17) is 31.8 Å². The molecule has 1 saturated heterocycles. The molecule has 2 aromatic rings. The third-order valence-corrected chi connectivity index (χ3v) is 5.82. The van der Waals surface area contributed by atoms with Gasteiger partial charge in [-0.05, 0) is 30.3 Å². The highest BCUT2D eigenvalue weighted by Gasteiger charge is 2.24. The minimum atomic E-state index is 0.408. The van der Waals surface area contributed by atoms with E-state index in [1.807, 2.05) is 30.3 Å². The monoisotopic (exact) mass is 451 g/mol. The maximum Gasteiger partial charge on any atom is 0.228 e. The van der Waals surface area contributed by atoms with Crippen LogP contribution in [0.15, 0.2) is 36.4 Å². The SMILES string of the molecule is COc1cc2nc(N3CCN(c4nc5ccc(Cl)ccc-5n4)CC3)nc(N)c2cc1OC. The standard InChI is InChI=1S/C22H22ClN7O2/c1-31-18-11-14-17(12-19(18)32-2)27-22(28-20(14)24)30-9-7-29(8-10-30)21-25-15-5-3-13(23)4-6-16(15)26-21/h3-6,11-12H,7-10H2,1-2H3,(H2,24,27,28). The number of benzene rings is 1. The smallest absolute Gasteiger partial charge is 0.228 e. The Morgan fingerprint density at radius 2 is 1.31 bits per heavy atom. The van der Waals surface area contributed by atoms with Crippen molar-refractivity contribution in [2.75, 3.05) is 55.9 Å². The summed E-state index contributed by atoms with van der Waals surface area (Å²) < 4.78 is 10.8. The molecule has 32 heavy (non-hydrogen) atoms. The summed E-state index contributed by atoms with van der Waals surface area (Å²) in [5.41, 5.74) is 8.61. The number of nitrogens with two attached hydrogens (primary N) is 1. The highest BCUT2D eigenvalue weighted by Crippen LogP contribution is 2.34. The molecule has 0 radical (unpaired) electrons. The first-order valence-corrected chi connectivity index (χ1v) is 10.6. The summed E-state index contributed by atoms with van der Waals surface area (Å²) in [6.45, 7) is 2.94. The average molecular weight is 452 g/mol. The zero-order valence-electron chi connectivity index (χ0n) is 17.7. The zero-order chi connectivity index (χ0) is 22.2. The third-order valence-electron chi connectivity index (χ3n) is 5.57. The third kappa shape index (κ3) is 3.64. The second-order valence-electron chi connectivity index (χ2n) is 7.45. The first kappa shape index (κ1) is 20.3. The van der Waals surface area contributed by atoms with Crippen LogP contribution in [-0.2, 0) is 0 Å². The van der Waals surface area contributed by atoms with Crippen molar-refractivity contribution in [2.45, 2.75) is 0 Å². The van der Waals surface area contributed by atoms with E-state index >= 15 is 0 Å². The first-order valence-electron chi connectivity index (χ1n) is 10.2. The summed E-state index contributed by atoms with van der Waals surface area (Å²) in [4.78, 5) is 22.9. The average Bonchev–Trinajstić information content (AvgIpc) is 3.15. The number of methoxy groups -OCH3 is 2. The largest absolute Gasteiger partial charge is 0.493 e. The number of halogens is 1. The number of piperazine rings is 1. The highest BCUT2D eigenvalue weighted by atomic mass is 35.5. The summed E-state index contributed by atoms with van der Waals surface area (Å²) in [5, 5.41) is 1.39. The molecule has 2 N–H and O–H groups in total. The number of imidazole rings is 1. The Balaban J connectivity index is 1.37. The van der Waals surface area contributed by atoms with E-state index in [-0.39, 0.29) is 0 Å². The van der Waals surface area contributed by atoms with Crippen LogP contribution in [0.5, 0.6) is 11.5 Å². The van der Waals surface area contributed by atoms with Crippen LogP contribution in [0.25, 0.3) is 22.3 Å². The normalized spacial score (nSPS) is 14.2. The van der Waals surface area contributed by atoms with Gasteiger partial charge in [-0.3, -0.25) is 0 Å². The van der Waals surface area contributed by atoms with Crippen molar-refractivity contribution >= 4 is 40.2 Å². The Hall–Kier alpha value is -3.59. The van der Waals surface area contributed by atoms with Crippen LogP contribution in [0, 0.1) is 0 Å². The highest BCUT2D eigenvalue weighted by molar-refractivity contribution is 6.30. The molecule has 164 valence electrons. The fourth-order valence-corrected chi connectivity index (χ4v) is 3.95. The first-order chi connectivity index (χ1) is 15.6. The zero-order valence-corrected chi connectivity index (χ0v) is 18.5. The van der Waals surface area contributed by atoms with Crippen LogP contribution < -0.4 is 25.0 Å². The van der Waals surface area contributed by atoms with E-state index in [0.717, 1.165) is 48.9 Å². The molecule has 5 rings (SSSR count).